The number of benzene rings is 3. The number of halogens is 1. The molecule has 3 aromatic rings. The highest BCUT2D eigenvalue weighted by molar-refractivity contribution is 9.10. The molecule has 0 bridgehead atoms. The molecule has 27 heavy (non-hydrogen) atoms. The second kappa shape index (κ2) is 8.11. The maximum atomic E-state index is 13.2. The van der Waals surface area contributed by atoms with Crippen molar-refractivity contribution < 1.29 is 4.79 Å². The highest BCUT2D eigenvalue weighted by atomic mass is 79.9. The van der Waals surface area contributed by atoms with Gasteiger partial charge < -0.3 is 0 Å². The number of amidine groups is 1. The SMILES string of the molecule is O=C1[C@H](Cc2ccc(Br)cc2)SC(=Nc2ccccc2)N1c1ccccc1. The van der Waals surface area contributed by atoms with Crippen molar-refractivity contribution in [2.24, 2.45) is 4.99 Å². The van der Waals surface area contributed by atoms with Crippen LogP contribution in [0.15, 0.2) is 94.4 Å². The molecule has 1 amide bonds. The van der Waals surface area contributed by atoms with Gasteiger partial charge in [0, 0.05) is 4.47 Å². The molecule has 4 rings (SSSR count). The predicted molar refractivity (Wildman–Crippen MR) is 117 cm³/mol. The van der Waals surface area contributed by atoms with Crippen molar-refractivity contribution in [3.8, 4) is 0 Å². The van der Waals surface area contributed by atoms with Crippen molar-refractivity contribution in [3.05, 3.63) is 95.0 Å². The van der Waals surface area contributed by atoms with Gasteiger partial charge in [0.1, 0.15) is 0 Å². The molecule has 0 unspecified atom stereocenters. The molecule has 1 saturated heterocycles. The minimum atomic E-state index is -0.186. The second-order valence-corrected chi connectivity index (χ2v) is 8.26. The van der Waals surface area contributed by atoms with Gasteiger partial charge in [-0.3, -0.25) is 9.69 Å². The van der Waals surface area contributed by atoms with E-state index in [0.29, 0.717) is 6.42 Å². The fourth-order valence-corrected chi connectivity index (χ4v) is 4.40. The summed E-state index contributed by atoms with van der Waals surface area (Å²) in [5.41, 5.74) is 2.83. The van der Waals surface area contributed by atoms with Crippen molar-refractivity contribution >= 4 is 50.1 Å². The van der Waals surface area contributed by atoms with Gasteiger partial charge in [0.25, 0.3) is 0 Å². The van der Waals surface area contributed by atoms with E-state index < -0.39 is 0 Å². The van der Waals surface area contributed by atoms with Crippen molar-refractivity contribution in [1.82, 2.24) is 0 Å². The fourth-order valence-electron chi connectivity index (χ4n) is 2.94. The summed E-state index contributed by atoms with van der Waals surface area (Å²) in [6.45, 7) is 0. The maximum absolute atomic E-state index is 13.2. The number of rotatable bonds is 4. The zero-order chi connectivity index (χ0) is 18.6. The average molecular weight is 437 g/mol. The predicted octanol–water partition coefficient (Wildman–Crippen LogP) is 5.83. The van der Waals surface area contributed by atoms with Gasteiger partial charge in [-0.2, -0.15) is 0 Å². The highest BCUT2D eigenvalue weighted by Crippen LogP contribution is 2.35. The Bertz CT molecular complexity index is 959. The van der Waals surface area contributed by atoms with Gasteiger partial charge in [-0.1, -0.05) is 76.2 Å². The van der Waals surface area contributed by atoms with Crippen molar-refractivity contribution in [2.75, 3.05) is 4.90 Å². The van der Waals surface area contributed by atoms with E-state index >= 15 is 0 Å². The highest BCUT2D eigenvalue weighted by Gasteiger charge is 2.38. The molecule has 134 valence electrons. The number of aliphatic imine (C=N–C) groups is 1. The lowest BCUT2D eigenvalue weighted by atomic mass is 10.1. The Labute approximate surface area is 171 Å². The van der Waals surface area contributed by atoms with E-state index in [2.05, 4.69) is 28.1 Å². The number of nitrogens with zero attached hydrogens (tertiary/aromatic N) is 2. The average Bonchev–Trinajstić information content (AvgIpc) is 3.00. The van der Waals surface area contributed by atoms with Crippen molar-refractivity contribution in [3.63, 3.8) is 0 Å². The van der Waals surface area contributed by atoms with Crippen molar-refractivity contribution in [1.29, 1.82) is 0 Å². The summed E-state index contributed by atoms with van der Waals surface area (Å²) in [7, 11) is 0. The molecule has 0 saturated carbocycles. The third kappa shape index (κ3) is 4.15. The number of para-hydroxylation sites is 2. The van der Waals surface area contributed by atoms with Gasteiger partial charge in [-0.05, 0) is 48.4 Å². The zero-order valence-corrected chi connectivity index (χ0v) is 16.9. The summed E-state index contributed by atoms with van der Waals surface area (Å²) >= 11 is 4.99. The first-order valence-electron chi connectivity index (χ1n) is 8.64. The Kier molecular flexibility index (Phi) is 5.41. The topological polar surface area (TPSA) is 32.7 Å². The lowest BCUT2D eigenvalue weighted by Crippen LogP contribution is -2.32. The Hall–Kier alpha value is -2.37. The summed E-state index contributed by atoms with van der Waals surface area (Å²) < 4.78 is 1.04. The third-order valence-electron chi connectivity index (χ3n) is 4.26. The summed E-state index contributed by atoms with van der Waals surface area (Å²) in [6, 6.07) is 27.6. The van der Waals surface area contributed by atoms with E-state index in [4.69, 9.17) is 4.99 Å². The number of hydrogen-bond acceptors (Lipinski definition) is 3. The molecule has 0 radical (unpaired) electrons. The van der Waals surface area contributed by atoms with Crippen LogP contribution in [-0.2, 0) is 11.2 Å². The number of hydrogen-bond donors (Lipinski definition) is 0. The normalized spacial score (nSPS) is 18.3. The van der Waals surface area contributed by atoms with Gasteiger partial charge in [0.15, 0.2) is 5.17 Å². The van der Waals surface area contributed by atoms with Crippen LogP contribution in [0, 0.1) is 0 Å². The molecule has 3 aromatic carbocycles. The second-order valence-electron chi connectivity index (χ2n) is 6.18. The maximum Gasteiger partial charge on any atom is 0.247 e. The van der Waals surface area contributed by atoms with Gasteiger partial charge in [-0.15, -0.1) is 0 Å². The summed E-state index contributed by atoms with van der Waals surface area (Å²) in [5.74, 6) is 0.0730. The Morgan fingerprint density at radius 2 is 1.52 bits per heavy atom. The molecule has 0 spiro atoms. The van der Waals surface area contributed by atoms with Crippen LogP contribution in [0.3, 0.4) is 0 Å². The lowest BCUT2D eigenvalue weighted by Gasteiger charge is -2.16. The van der Waals surface area contributed by atoms with E-state index in [1.54, 1.807) is 4.90 Å². The number of amides is 1. The van der Waals surface area contributed by atoms with Gasteiger partial charge in [0.2, 0.25) is 5.91 Å². The molecule has 5 heteroatoms. The molecule has 1 fully saturated rings. The molecule has 0 aromatic heterocycles. The third-order valence-corrected chi connectivity index (χ3v) is 5.93. The summed E-state index contributed by atoms with van der Waals surface area (Å²) in [5, 5.41) is 0.536. The molecule has 3 nitrogen and oxygen atoms in total. The molecule has 1 atom stereocenters. The molecule has 1 heterocycles. The van der Waals surface area contributed by atoms with Gasteiger partial charge >= 0.3 is 0 Å². The number of carbonyl (C=O) groups is 1. The standard InChI is InChI=1S/C22H17BrN2OS/c23-17-13-11-16(12-14-17)15-20-21(26)25(19-9-5-2-6-10-19)22(27-20)24-18-7-3-1-4-8-18/h1-14,20H,15H2/t20-/m0/s1. The Morgan fingerprint density at radius 1 is 0.889 bits per heavy atom. The number of thioether (sulfide) groups is 1. The van der Waals surface area contributed by atoms with Crippen LogP contribution >= 0.6 is 27.7 Å². The lowest BCUT2D eigenvalue weighted by molar-refractivity contribution is -0.116. The van der Waals surface area contributed by atoms with E-state index in [0.717, 1.165) is 26.6 Å². The molecular formula is C22H17BrN2OS. The minimum absolute atomic E-state index is 0.0730. The summed E-state index contributed by atoms with van der Waals surface area (Å²) in [6.07, 6.45) is 0.675. The van der Waals surface area contributed by atoms with Gasteiger partial charge in [-0.25, -0.2) is 4.99 Å². The molecule has 1 aliphatic heterocycles. The number of anilines is 1. The first kappa shape index (κ1) is 18.0. The largest absolute Gasteiger partial charge is 0.273 e. The van der Waals surface area contributed by atoms with Crippen LogP contribution in [0.25, 0.3) is 0 Å². The van der Waals surface area contributed by atoms with Crippen LogP contribution < -0.4 is 4.90 Å². The molecule has 1 aliphatic rings. The quantitative estimate of drug-likeness (QED) is 0.515. The minimum Gasteiger partial charge on any atom is -0.273 e. The Morgan fingerprint density at radius 3 is 2.19 bits per heavy atom. The smallest absolute Gasteiger partial charge is 0.247 e. The first-order valence-corrected chi connectivity index (χ1v) is 10.3. The van der Waals surface area contributed by atoms with Crippen LogP contribution in [0.5, 0.6) is 0 Å². The molecular weight excluding hydrogens is 420 g/mol. The van der Waals surface area contributed by atoms with Crippen molar-refractivity contribution in [2.45, 2.75) is 11.7 Å². The van der Waals surface area contributed by atoms with Crippen LogP contribution in [0.1, 0.15) is 5.56 Å². The Balaban J connectivity index is 1.67. The first-order chi connectivity index (χ1) is 13.2. The number of carbonyl (C=O) groups excluding carboxylic acids is 1. The van der Waals surface area contributed by atoms with E-state index in [-0.39, 0.29) is 11.2 Å². The monoisotopic (exact) mass is 436 g/mol. The summed E-state index contributed by atoms with van der Waals surface area (Å²) in [4.78, 5) is 19.7. The zero-order valence-electron chi connectivity index (χ0n) is 14.5. The van der Waals surface area contributed by atoms with E-state index in [1.165, 1.54) is 11.8 Å². The van der Waals surface area contributed by atoms with Crippen LogP contribution in [0.4, 0.5) is 11.4 Å². The molecule has 0 N–H and O–H groups in total. The van der Waals surface area contributed by atoms with Gasteiger partial charge in [0.05, 0.1) is 16.6 Å². The van der Waals surface area contributed by atoms with E-state index in [9.17, 15) is 4.79 Å². The van der Waals surface area contributed by atoms with E-state index in [1.807, 2.05) is 72.8 Å². The fraction of sp³-hybridized carbons (Fsp3) is 0.0909. The van der Waals surface area contributed by atoms with Crippen LogP contribution in [0.2, 0.25) is 0 Å². The molecule has 0 aliphatic carbocycles. The van der Waals surface area contributed by atoms with Crippen LogP contribution in [-0.4, -0.2) is 16.3 Å².